The van der Waals surface area contributed by atoms with Gasteiger partial charge in [-0.2, -0.15) is 5.26 Å². The van der Waals surface area contributed by atoms with Crippen molar-refractivity contribution in [2.45, 2.75) is 18.9 Å². The predicted octanol–water partition coefficient (Wildman–Crippen LogP) is 2.13. The van der Waals surface area contributed by atoms with Crippen molar-refractivity contribution >= 4 is 11.0 Å². The summed E-state index contributed by atoms with van der Waals surface area (Å²) in [6.07, 6.45) is 3.66. The number of nitrogens with one attached hydrogen (secondary N) is 2. The monoisotopic (exact) mass is 226 g/mol. The summed E-state index contributed by atoms with van der Waals surface area (Å²) in [6.45, 7) is 0. The van der Waals surface area contributed by atoms with Gasteiger partial charge in [0.15, 0.2) is 0 Å². The number of H-pyrrole nitrogens is 1. The third-order valence-corrected chi connectivity index (χ3v) is 3.63. The van der Waals surface area contributed by atoms with Crippen LogP contribution in [0.3, 0.4) is 0 Å². The highest BCUT2D eigenvalue weighted by atomic mass is 14.9. The van der Waals surface area contributed by atoms with Crippen molar-refractivity contribution in [3.63, 3.8) is 0 Å². The SMILES string of the molecule is CNC(c1ccc2nc[nH]c2c1)C1(C#N)CC1. The van der Waals surface area contributed by atoms with Crippen molar-refractivity contribution in [2.24, 2.45) is 5.41 Å². The number of fused-ring (bicyclic) bond motifs is 1. The standard InChI is InChI=1S/C13H14N4/c1-15-12(13(7-14)4-5-13)9-2-3-10-11(6-9)17-8-16-10/h2-3,6,8,12,15H,4-5H2,1H3,(H,16,17). The van der Waals surface area contributed by atoms with E-state index in [-0.39, 0.29) is 11.5 Å². The number of aromatic amines is 1. The van der Waals surface area contributed by atoms with E-state index in [1.54, 1.807) is 6.33 Å². The number of nitriles is 1. The van der Waals surface area contributed by atoms with Gasteiger partial charge in [-0.05, 0) is 37.6 Å². The number of imidazole rings is 1. The minimum Gasteiger partial charge on any atom is -0.345 e. The minimum absolute atomic E-state index is 0.111. The third kappa shape index (κ3) is 1.51. The molecule has 1 aromatic carbocycles. The summed E-state index contributed by atoms with van der Waals surface area (Å²) in [6, 6.07) is 8.71. The summed E-state index contributed by atoms with van der Waals surface area (Å²) in [5.74, 6) is 0. The lowest BCUT2D eigenvalue weighted by atomic mass is 9.91. The second-order valence-electron chi connectivity index (χ2n) is 4.67. The Morgan fingerprint density at radius 3 is 3.00 bits per heavy atom. The van der Waals surface area contributed by atoms with Crippen LogP contribution in [0, 0.1) is 16.7 Å². The Kier molecular flexibility index (Phi) is 2.17. The van der Waals surface area contributed by atoms with Crippen molar-refractivity contribution in [3.05, 3.63) is 30.1 Å². The van der Waals surface area contributed by atoms with Crippen LogP contribution in [0.1, 0.15) is 24.4 Å². The Bertz CT molecular complexity index is 589. The molecule has 0 saturated heterocycles. The maximum atomic E-state index is 9.28. The maximum absolute atomic E-state index is 9.28. The van der Waals surface area contributed by atoms with Gasteiger partial charge in [0.1, 0.15) is 0 Å². The summed E-state index contributed by atoms with van der Waals surface area (Å²) < 4.78 is 0. The van der Waals surface area contributed by atoms with Crippen LogP contribution in [0.5, 0.6) is 0 Å². The van der Waals surface area contributed by atoms with Gasteiger partial charge in [-0.15, -0.1) is 0 Å². The number of hydrogen-bond acceptors (Lipinski definition) is 3. The van der Waals surface area contributed by atoms with Crippen molar-refractivity contribution in [3.8, 4) is 6.07 Å². The van der Waals surface area contributed by atoms with E-state index in [0.717, 1.165) is 29.4 Å². The average molecular weight is 226 g/mol. The van der Waals surface area contributed by atoms with Crippen molar-refractivity contribution in [1.82, 2.24) is 15.3 Å². The smallest absolute Gasteiger partial charge is 0.0931 e. The molecular formula is C13H14N4. The van der Waals surface area contributed by atoms with E-state index < -0.39 is 0 Å². The molecule has 4 nitrogen and oxygen atoms in total. The van der Waals surface area contributed by atoms with Crippen molar-refractivity contribution in [1.29, 1.82) is 5.26 Å². The highest BCUT2D eigenvalue weighted by molar-refractivity contribution is 5.75. The lowest BCUT2D eigenvalue weighted by molar-refractivity contribution is 0.444. The van der Waals surface area contributed by atoms with Crippen LogP contribution >= 0.6 is 0 Å². The molecule has 3 rings (SSSR count). The molecule has 86 valence electrons. The van der Waals surface area contributed by atoms with Crippen LogP contribution in [0.25, 0.3) is 11.0 Å². The van der Waals surface area contributed by atoms with E-state index in [9.17, 15) is 5.26 Å². The van der Waals surface area contributed by atoms with E-state index in [2.05, 4.69) is 33.5 Å². The first-order valence-electron chi connectivity index (χ1n) is 5.81. The summed E-state index contributed by atoms with van der Waals surface area (Å²) in [7, 11) is 1.92. The van der Waals surface area contributed by atoms with E-state index >= 15 is 0 Å². The van der Waals surface area contributed by atoms with Crippen LogP contribution in [0.2, 0.25) is 0 Å². The third-order valence-electron chi connectivity index (χ3n) is 3.63. The molecule has 1 heterocycles. The molecule has 0 aliphatic heterocycles. The fraction of sp³-hybridized carbons (Fsp3) is 0.385. The molecule has 2 aromatic rings. The molecule has 0 bridgehead atoms. The largest absolute Gasteiger partial charge is 0.345 e. The Labute approximate surface area is 99.7 Å². The van der Waals surface area contributed by atoms with Gasteiger partial charge >= 0.3 is 0 Å². The molecule has 1 saturated carbocycles. The number of aromatic nitrogens is 2. The van der Waals surface area contributed by atoms with Gasteiger partial charge in [0.25, 0.3) is 0 Å². The molecule has 1 aromatic heterocycles. The van der Waals surface area contributed by atoms with Gasteiger partial charge in [0, 0.05) is 0 Å². The van der Waals surface area contributed by atoms with Crippen molar-refractivity contribution < 1.29 is 0 Å². The molecule has 17 heavy (non-hydrogen) atoms. The van der Waals surface area contributed by atoms with E-state index in [1.165, 1.54) is 0 Å². The normalized spacial score (nSPS) is 18.8. The Balaban J connectivity index is 2.04. The number of nitrogens with zero attached hydrogens (tertiary/aromatic N) is 2. The Morgan fingerprint density at radius 2 is 2.35 bits per heavy atom. The molecule has 1 aliphatic rings. The molecule has 2 N–H and O–H groups in total. The lowest BCUT2D eigenvalue weighted by Crippen LogP contribution is -2.25. The molecule has 0 amide bonds. The number of rotatable bonds is 3. The zero-order valence-corrected chi connectivity index (χ0v) is 9.70. The van der Waals surface area contributed by atoms with Crippen LogP contribution in [0.4, 0.5) is 0 Å². The van der Waals surface area contributed by atoms with Gasteiger partial charge in [-0.1, -0.05) is 6.07 Å². The molecule has 4 heteroatoms. The average Bonchev–Trinajstić information content (AvgIpc) is 3.00. The van der Waals surface area contributed by atoms with Gasteiger partial charge in [-0.3, -0.25) is 0 Å². The molecule has 1 fully saturated rings. The number of hydrogen-bond donors (Lipinski definition) is 2. The molecule has 0 spiro atoms. The minimum atomic E-state index is -0.206. The fourth-order valence-electron chi connectivity index (χ4n) is 2.49. The van der Waals surface area contributed by atoms with Crippen LogP contribution in [-0.4, -0.2) is 17.0 Å². The van der Waals surface area contributed by atoms with E-state index in [4.69, 9.17) is 0 Å². The maximum Gasteiger partial charge on any atom is 0.0931 e. The molecule has 1 aliphatic carbocycles. The van der Waals surface area contributed by atoms with Gasteiger partial charge in [-0.25, -0.2) is 4.98 Å². The van der Waals surface area contributed by atoms with Crippen LogP contribution in [-0.2, 0) is 0 Å². The van der Waals surface area contributed by atoms with Gasteiger partial charge < -0.3 is 10.3 Å². The predicted molar refractivity (Wildman–Crippen MR) is 65.2 cm³/mol. The lowest BCUT2D eigenvalue weighted by Gasteiger charge is -2.21. The first kappa shape index (κ1) is 10.3. The second kappa shape index (κ2) is 3.57. The molecular weight excluding hydrogens is 212 g/mol. The zero-order valence-electron chi connectivity index (χ0n) is 9.70. The first-order valence-corrected chi connectivity index (χ1v) is 5.81. The molecule has 1 atom stereocenters. The Morgan fingerprint density at radius 1 is 1.53 bits per heavy atom. The second-order valence-corrected chi connectivity index (χ2v) is 4.67. The quantitative estimate of drug-likeness (QED) is 0.842. The Hall–Kier alpha value is -1.86. The molecule has 0 radical (unpaired) electrons. The number of benzene rings is 1. The van der Waals surface area contributed by atoms with E-state index in [0.29, 0.717) is 0 Å². The fourth-order valence-corrected chi connectivity index (χ4v) is 2.49. The first-order chi connectivity index (χ1) is 8.29. The van der Waals surface area contributed by atoms with Crippen molar-refractivity contribution in [2.75, 3.05) is 7.05 Å². The van der Waals surface area contributed by atoms with E-state index in [1.807, 2.05) is 13.1 Å². The zero-order chi connectivity index (χ0) is 11.9. The van der Waals surface area contributed by atoms with Gasteiger partial charge in [0.05, 0.1) is 34.9 Å². The van der Waals surface area contributed by atoms with Crippen LogP contribution < -0.4 is 5.32 Å². The highest BCUT2D eigenvalue weighted by Gasteiger charge is 2.50. The van der Waals surface area contributed by atoms with Crippen LogP contribution in [0.15, 0.2) is 24.5 Å². The molecule has 1 unspecified atom stereocenters. The summed E-state index contributed by atoms with van der Waals surface area (Å²) in [5.41, 5.74) is 2.94. The summed E-state index contributed by atoms with van der Waals surface area (Å²) in [5, 5.41) is 12.6. The summed E-state index contributed by atoms with van der Waals surface area (Å²) >= 11 is 0. The summed E-state index contributed by atoms with van der Waals surface area (Å²) in [4.78, 5) is 7.31. The van der Waals surface area contributed by atoms with Gasteiger partial charge in [0.2, 0.25) is 0 Å². The topological polar surface area (TPSA) is 64.5 Å². The highest BCUT2D eigenvalue weighted by Crippen LogP contribution is 2.54.